The third-order valence-electron chi connectivity index (χ3n) is 2.20. The number of hydrogen-bond acceptors (Lipinski definition) is 5. The summed E-state index contributed by atoms with van der Waals surface area (Å²) in [6, 6.07) is 1.74. The van der Waals surface area contributed by atoms with Crippen molar-refractivity contribution >= 4 is 26.0 Å². The van der Waals surface area contributed by atoms with Gasteiger partial charge in [-0.05, 0) is 22.0 Å². The van der Waals surface area contributed by atoms with Crippen LogP contribution in [0.4, 0.5) is 0 Å². The second-order valence-electron chi connectivity index (χ2n) is 3.61. The molecule has 0 aliphatic carbocycles. The molecule has 2 rings (SSSR count). The Balaban J connectivity index is 2.18. The monoisotopic (exact) mass is 334 g/mol. The van der Waals surface area contributed by atoms with Crippen LogP contribution in [0.1, 0.15) is 5.69 Å². The van der Waals surface area contributed by atoms with Gasteiger partial charge in [-0.25, -0.2) is 17.8 Å². The van der Waals surface area contributed by atoms with Crippen LogP contribution in [0.15, 0.2) is 21.9 Å². The Morgan fingerprint density at radius 1 is 1.44 bits per heavy atom. The zero-order chi connectivity index (χ0) is 13.3. The van der Waals surface area contributed by atoms with Gasteiger partial charge in [-0.15, -0.1) is 5.10 Å². The quantitative estimate of drug-likeness (QED) is 0.834. The van der Waals surface area contributed by atoms with Gasteiger partial charge < -0.3 is 0 Å². The van der Waals surface area contributed by atoms with Crippen LogP contribution in [-0.4, -0.2) is 33.2 Å². The number of hydrogen-bond donors (Lipinski definition) is 1. The molecule has 0 atom stereocenters. The highest BCUT2D eigenvalue weighted by Gasteiger charge is 2.23. The third-order valence-corrected chi connectivity index (χ3v) is 4.49. The summed E-state index contributed by atoms with van der Waals surface area (Å²) in [5.74, 6) is 0. The summed E-state index contributed by atoms with van der Waals surface area (Å²) in [5.41, 5.74) is 0.632. The molecule has 0 unspecified atom stereocenters. The maximum absolute atomic E-state index is 12.0. The van der Waals surface area contributed by atoms with E-state index < -0.39 is 10.0 Å². The van der Waals surface area contributed by atoms with Gasteiger partial charge in [0.05, 0.1) is 12.2 Å². The van der Waals surface area contributed by atoms with Gasteiger partial charge in [0.15, 0.2) is 4.60 Å². The SMILES string of the molecule is Cn1ccc(CNS(=O)(=O)c2c(Br)nnn2C)n1. The molecule has 0 spiro atoms. The van der Waals surface area contributed by atoms with Crippen molar-refractivity contribution in [2.45, 2.75) is 11.6 Å². The van der Waals surface area contributed by atoms with Crippen LogP contribution in [0.2, 0.25) is 0 Å². The summed E-state index contributed by atoms with van der Waals surface area (Å²) in [6.45, 7) is 0.112. The van der Waals surface area contributed by atoms with Gasteiger partial charge in [0.25, 0.3) is 10.0 Å². The van der Waals surface area contributed by atoms with Crippen molar-refractivity contribution in [3.05, 3.63) is 22.6 Å². The lowest BCUT2D eigenvalue weighted by Gasteiger charge is -2.04. The number of aromatic nitrogens is 5. The predicted octanol–water partition coefficient (Wildman–Crippen LogP) is -0.210. The lowest BCUT2D eigenvalue weighted by atomic mass is 10.4. The molecule has 0 aliphatic rings. The van der Waals surface area contributed by atoms with E-state index in [1.54, 1.807) is 24.0 Å². The molecule has 10 heteroatoms. The first-order chi connectivity index (χ1) is 8.40. The van der Waals surface area contributed by atoms with Crippen LogP contribution in [-0.2, 0) is 30.7 Å². The summed E-state index contributed by atoms with van der Waals surface area (Å²) in [7, 11) is -0.405. The number of nitrogens with zero attached hydrogens (tertiary/aromatic N) is 5. The van der Waals surface area contributed by atoms with E-state index in [4.69, 9.17) is 0 Å². The molecule has 1 N–H and O–H groups in total. The summed E-state index contributed by atoms with van der Waals surface area (Å²) < 4.78 is 29.5. The largest absolute Gasteiger partial charge is 0.276 e. The number of nitrogens with one attached hydrogen (secondary N) is 1. The van der Waals surface area contributed by atoms with E-state index in [0.717, 1.165) is 0 Å². The van der Waals surface area contributed by atoms with Crippen molar-refractivity contribution in [2.75, 3.05) is 0 Å². The Bertz CT molecular complexity index is 641. The van der Waals surface area contributed by atoms with E-state index >= 15 is 0 Å². The molecule has 2 aromatic rings. The van der Waals surface area contributed by atoms with Gasteiger partial charge in [-0.1, -0.05) is 5.21 Å². The Labute approximate surface area is 112 Å². The van der Waals surface area contributed by atoms with Gasteiger partial charge in [0, 0.05) is 20.3 Å². The Morgan fingerprint density at radius 3 is 2.67 bits per heavy atom. The first kappa shape index (κ1) is 13.2. The van der Waals surface area contributed by atoms with Gasteiger partial charge >= 0.3 is 0 Å². The normalized spacial score (nSPS) is 11.9. The molecule has 0 amide bonds. The summed E-state index contributed by atoms with van der Waals surface area (Å²) in [4.78, 5) is 0. The lowest BCUT2D eigenvalue weighted by Crippen LogP contribution is -2.26. The maximum Gasteiger partial charge on any atom is 0.260 e. The number of aryl methyl sites for hydroxylation is 2. The maximum atomic E-state index is 12.0. The fraction of sp³-hybridized carbons (Fsp3) is 0.375. The molecule has 2 aromatic heterocycles. The Hall–Kier alpha value is -1.26. The predicted molar refractivity (Wildman–Crippen MR) is 65.9 cm³/mol. The van der Waals surface area contributed by atoms with E-state index in [-0.39, 0.29) is 16.2 Å². The van der Waals surface area contributed by atoms with Crippen molar-refractivity contribution in [3.8, 4) is 0 Å². The minimum Gasteiger partial charge on any atom is -0.276 e. The van der Waals surface area contributed by atoms with Gasteiger partial charge in [0.1, 0.15) is 0 Å². The topological polar surface area (TPSA) is 94.7 Å². The van der Waals surface area contributed by atoms with Gasteiger partial charge in [-0.2, -0.15) is 5.10 Å². The molecule has 0 aromatic carbocycles. The summed E-state index contributed by atoms with van der Waals surface area (Å²) in [5, 5.41) is 11.3. The highest BCUT2D eigenvalue weighted by molar-refractivity contribution is 9.10. The molecule has 2 heterocycles. The van der Waals surface area contributed by atoms with Crippen molar-refractivity contribution in [3.63, 3.8) is 0 Å². The highest BCUT2D eigenvalue weighted by Crippen LogP contribution is 2.17. The van der Waals surface area contributed by atoms with Crippen molar-refractivity contribution < 1.29 is 8.42 Å². The molecule has 98 valence electrons. The van der Waals surface area contributed by atoms with Crippen molar-refractivity contribution in [2.24, 2.45) is 14.1 Å². The molecule has 18 heavy (non-hydrogen) atoms. The average Bonchev–Trinajstić information content (AvgIpc) is 2.83. The number of halogens is 1. The molecule has 0 aliphatic heterocycles. The summed E-state index contributed by atoms with van der Waals surface area (Å²) >= 11 is 3.05. The molecule has 0 radical (unpaired) electrons. The van der Waals surface area contributed by atoms with Crippen molar-refractivity contribution in [1.82, 2.24) is 29.5 Å². The molecule has 0 saturated heterocycles. The lowest BCUT2D eigenvalue weighted by molar-refractivity contribution is 0.558. The van der Waals surface area contributed by atoms with Crippen molar-refractivity contribution in [1.29, 1.82) is 0 Å². The first-order valence-electron chi connectivity index (χ1n) is 4.93. The molecular formula is C8H11BrN6O2S. The number of rotatable bonds is 4. The van der Waals surface area contributed by atoms with Crippen LogP contribution in [0, 0.1) is 0 Å². The fourth-order valence-electron chi connectivity index (χ4n) is 1.40. The molecule has 8 nitrogen and oxygen atoms in total. The smallest absolute Gasteiger partial charge is 0.260 e. The molecule has 0 bridgehead atoms. The second-order valence-corrected chi connectivity index (χ2v) is 6.05. The van der Waals surface area contributed by atoms with E-state index in [1.807, 2.05) is 0 Å². The van der Waals surface area contributed by atoms with Crippen LogP contribution < -0.4 is 4.72 Å². The zero-order valence-electron chi connectivity index (χ0n) is 9.70. The van der Waals surface area contributed by atoms with Crippen LogP contribution in [0.3, 0.4) is 0 Å². The van der Waals surface area contributed by atoms with E-state index in [9.17, 15) is 8.42 Å². The third kappa shape index (κ3) is 2.60. The van der Waals surface area contributed by atoms with Gasteiger partial charge in [-0.3, -0.25) is 4.68 Å². The summed E-state index contributed by atoms with van der Waals surface area (Å²) in [6.07, 6.45) is 1.74. The second kappa shape index (κ2) is 4.78. The Kier molecular flexibility index (Phi) is 3.50. The van der Waals surface area contributed by atoms with Crippen LogP contribution in [0.25, 0.3) is 0 Å². The molecular weight excluding hydrogens is 324 g/mol. The van der Waals surface area contributed by atoms with Gasteiger partial charge in [0.2, 0.25) is 5.03 Å². The average molecular weight is 335 g/mol. The van der Waals surface area contributed by atoms with E-state index in [0.29, 0.717) is 5.69 Å². The molecule has 0 fully saturated rings. The van der Waals surface area contributed by atoms with E-state index in [1.165, 1.54) is 11.7 Å². The highest BCUT2D eigenvalue weighted by atomic mass is 79.9. The minimum absolute atomic E-state index is 0.0153. The van der Waals surface area contributed by atoms with Crippen LogP contribution in [0.5, 0.6) is 0 Å². The fourth-order valence-corrected chi connectivity index (χ4v) is 3.49. The Morgan fingerprint density at radius 2 is 2.17 bits per heavy atom. The van der Waals surface area contributed by atoms with Crippen LogP contribution >= 0.6 is 15.9 Å². The molecule has 0 saturated carbocycles. The zero-order valence-corrected chi connectivity index (χ0v) is 12.1. The number of sulfonamides is 1. The standard InChI is InChI=1S/C8H11BrN6O2S/c1-14-4-3-6(12-14)5-10-18(16,17)8-7(9)11-13-15(8)2/h3-4,10H,5H2,1-2H3. The van der Waals surface area contributed by atoms with E-state index in [2.05, 4.69) is 36.1 Å². The minimum atomic E-state index is -3.68. The first-order valence-corrected chi connectivity index (χ1v) is 7.21.